The second kappa shape index (κ2) is 6.74. The molecule has 5 heteroatoms. The molecule has 21 heavy (non-hydrogen) atoms. The van der Waals surface area contributed by atoms with Gasteiger partial charge in [0.25, 0.3) is 0 Å². The Balaban J connectivity index is 2.18. The molecule has 0 bridgehead atoms. The summed E-state index contributed by atoms with van der Waals surface area (Å²) in [6.45, 7) is 4.47. The van der Waals surface area contributed by atoms with Gasteiger partial charge in [-0.05, 0) is 49.7 Å². The molecule has 1 aromatic carbocycles. The number of aromatic carboxylic acids is 1. The van der Waals surface area contributed by atoms with Crippen molar-refractivity contribution in [2.24, 2.45) is 0 Å². The number of benzene rings is 1. The summed E-state index contributed by atoms with van der Waals surface area (Å²) in [7, 11) is 0. The number of carbonyl (C=O) groups is 1. The summed E-state index contributed by atoms with van der Waals surface area (Å²) in [5.74, 6) is 0.282. The Labute approximate surface area is 123 Å². The Kier molecular flexibility index (Phi) is 4.77. The van der Waals surface area contributed by atoms with Gasteiger partial charge in [0.1, 0.15) is 17.1 Å². The van der Waals surface area contributed by atoms with Gasteiger partial charge < -0.3 is 14.6 Å². The second-order valence-corrected chi connectivity index (χ2v) is 4.53. The lowest BCUT2D eigenvalue weighted by molar-refractivity contribution is 0.0693. The number of carboxylic acid groups (broad SMARTS) is 1. The van der Waals surface area contributed by atoms with Crippen molar-refractivity contribution in [1.29, 1.82) is 0 Å². The quantitative estimate of drug-likeness (QED) is 0.877. The summed E-state index contributed by atoms with van der Waals surface area (Å²) in [4.78, 5) is 15.3. The third-order valence-corrected chi connectivity index (χ3v) is 2.74. The molecule has 0 atom stereocenters. The van der Waals surface area contributed by atoms with Crippen molar-refractivity contribution in [3.8, 4) is 17.4 Å². The van der Waals surface area contributed by atoms with Crippen LogP contribution in [0.2, 0.25) is 0 Å². The standard InChI is InChI=1S/C16H17NO4/c1-3-10-20-12-5-7-13(8-6-12)21-15-14(16(18)19)9-4-11(2)17-15/h4-9H,3,10H2,1-2H3,(H,18,19). The van der Waals surface area contributed by atoms with E-state index in [0.717, 1.165) is 12.2 Å². The molecule has 2 aromatic rings. The van der Waals surface area contributed by atoms with E-state index in [9.17, 15) is 4.79 Å². The van der Waals surface area contributed by atoms with Gasteiger partial charge in [0.2, 0.25) is 5.88 Å². The van der Waals surface area contributed by atoms with Gasteiger partial charge in [-0.1, -0.05) is 6.92 Å². The van der Waals surface area contributed by atoms with Crippen molar-refractivity contribution >= 4 is 5.97 Å². The number of ether oxygens (including phenoxy) is 2. The van der Waals surface area contributed by atoms with E-state index in [2.05, 4.69) is 4.98 Å². The molecule has 0 aliphatic carbocycles. The first-order valence-corrected chi connectivity index (χ1v) is 6.72. The summed E-state index contributed by atoms with van der Waals surface area (Å²) >= 11 is 0. The van der Waals surface area contributed by atoms with Crippen LogP contribution in [0, 0.1) is 6.92 Å². The van der Waals surface area contributed by atoms with E-state index in [1.54, 1.807) is 37.3 Å². The first kappa shape index (κ1) is 14.8. The van der Waals surface area contributed by atoms with E-state index in [0.29, 0.717) is 18.1 Å². The summed E-state index contributed by atoms with van der Waals surface area (Å²) in [5.41, 5.74) is 0.727. The fourth-order valence-corrected chi connectivity index (χ4v) is 1.71. The highest BCUT2D eigenvalue weighted by molar-refractivity contribution is 5.90. The topological polar surface area (TPSA) is 68.7 Å². The van der Waals surface area contributed by atoms with Crippen molar-refractivity contribution in [1.82, 2.24) is 4.98 Å². The maximum Gasteiger partial charge on any atom is 0.341 e. The molecule has 110 valence electrons. The SMILES string of the molecule is CCCOc1ccc(Oc2nc(C)ccc2C(=O)O)cc1. The van der Waals surface area contributed by atoms with Crippen molar-refractivity contribution < 1.29 is 19.4 Å². The average molecular weight is 287 g/mol. The molecule has 5 nitrogen and oxygen atoms in total. The van der Waals surface area contributed by atoms with Crippen LogP contribution in [0.4, 0.5) is 0 Å². The molecule has 0 unspecified atom stereocenters. The number of hydrogen-bond acceptors (Lipinski definition) is 4. The van der Waals surface area contributed by atoms with Gasteiger partial charge in [0.05, 0.1) is 6.61 Å². The minimum Gasteiger partial charge on any atom is -0.494 e. The molecule has 1 N–H and O–H groups in total. The second-order valence-electron chi connectivity index (χ2n) is 4.53. The zero-order chi connectivity index (χ0) is 15.2. The summed E-state index contributed by atoms with van der Waals surface area (Å²) in [6.07, 6.45) is 0.938. The lowest BCUT2D eigenvalue weighted by Crippen LogP contribution is -2.03. The Hall–Kier alpha value is -2.56. The van der Waals surface area contributed by atoms with Crippen LogP contribution < -0.4 is 9.47 Å². The third-order valence-electron chi connectivity index (χ3n) is 2.74. The number of aromatic nitrogens is 1. The van der Waals surface area contributed by atoms with E-state index in [1.165, 1.54) is 6.07 Å². The average Bonchev–Trinajstić information content (AvgIpc) is 2.46. The molecule has 0 aliphatic rings. The van der Waals surface area contributed by atoms with E-state index >= 15 is 0 Å². The molecule has 0 spiro atoms. The first-order chi connectivity index (χ1) is 10.1. The molecule has 0 saturated heterocycles. The maximum absolute atomic E-state index is 11.2. The van der Waals surface area contributed by atoms with Crippen molar-refractivity contribution in [2.75, 3.05) is 6.61 Å². The lowest BCUT2D eigenvalue weighted by Gasteiger charge is -2.09. The Bertz CT molecular complexity index is 623. The lowest BCUT2D eigenvalue weighted by atomic mass is 10.2. The van der Waals surface area contributed by atoms with Gasteiger partial charge in [-0.3, -0.25) is 0 Å². The van der Waals surface area contributed by atoms with Crippen LogP contribution in [0.15, 0.2) is 36.4 Å². The molecule has 1 aromatic heterocycles. The molecule has 1 heterocycles. The molecule has 0 saturated carbocycles. The molecule has 2 rings (SSSR count). The van der Waals surface area contributed by atoms with Gasteiger partial charge in [0, 0.05) is 5.69 Å². The molecule has 0 amide bonds. The van der Waals surface area contributed by atoms with Crippen LogP contribution in [0.25, 0.3) is 0 Å². The van der Waals surface area contributed by atoms with Crippen LogP contribution in [0.3, 0.4) is 0 Å². The van der Waals surface area contributed by atoms with E-state index in [4.69, 9.17) is 14.6 Å². The van der Waals surface area contributed by atoms with Crippen molar-refractivity contribution in [2.45, 2.75) is 20.3 Å². The molecular formula is C16H17NO4. The maximum atomic E-state index is 11.2. The number of nitrogens with zero attached hydrogens (tertiary/aromatic N) is 1. The Morgan fingerprint density at radius 2 is 1.81 bits per heavy atom. The molecule has 0 aliphatic heterocycles. The Morgan fingerprint density at radius 3 is 2.43 bits per heavy atom. The number of aryl methyl sites for hydroxylation is 1. The van der Waals surface area contributed by atoms with Crippen LogP contribution in [-0.2, 0) is 0 Å². The van der Waals surface area contributed by atoms with Gasteiger partial charge in [-0.25, -0.2) is 9.78 Å². The van der Waals surface area contributed by atoms with Crippen LogP contribution in [0.5, 0.6) is 17.4 Å². The Morgan fingerprint density at radius 1 is 1.14 bits per heavy atom. The molecule has 0 radical (unpaired) electrons. The van der Waals surface area contributed by atoms with Gasteiger partial charge in [-0.2, -0.15) is 0 Å². The van der Waals surface area contributed by atoms with Crippen LogP contribution >= 0.6 is 0 Å². The van der Waals surface area contributed by atoms with Crippen molar-refractivity contribution in [3.63, 3.8) is 0 Å². The van der Waals surface area contributed by atoms with Crippen molar-refractivity contribution in [3.05, 3.63) is 47.7 Å². The highest BCUT2D eigenvalue weighted by Gasteiger charge is 2.13. The highest BCUT2D eigenvalue weighted by Crippen LogP contribution is 2.25. The minimum atomic E-state index is -1.07. The summed E-state index contributed by atoms with van der Waals surface area (Å²) < 4.78 is 11.0. The fraction of sp³-hybridized carbons (Fsp3) is 0.250. The fourth-order valence-electron chi connectivity index (χ4n) is 1.71. The van der Waals surface area contributed by atoms with E-state index < -0.39 is 5.97 Å². The van der Waals surface area contributed by atoms with Crippen LogP contribution in [0.1, 0.15) is 29.4 Å². The van der Waals surface area contributed by atoms with Gasteiger partial charge in [-0.15, -0.1) is 0 Å². The minimum absolute atomic E-state index is 0.0342. The van der Waals surface area contributed by atoms with E-state index in [-0.39, 0.29) is 11.4 Å². The van der Waals surface area contributed by atoms with Gasteiger partial charge in [0.15, 0.2) is 0 Å². The number of rotatable bonds is 6. The zero-order valence-electron chi connectivity index (χ0n) is 12.0. The van der Waals surface area contributed by atoms with Crippen LogP contribution in [-0.4, -0.2) is 22.7 Å². The van der Waals surface area contributed by atoms with Gasteiger partial charge >= 0.3 is 5.97 Å². The van der Waals surface area contributed by atoms with E-state index in [1.807, 2.05) is 6.92 Å². The third kappa shape index (κ3) is 3.95. The first-order valence-electron chi connectivity index (χ1n) is 6.72. The largest absolute Gasteiger partial charge is 0.494 e. The normalized spacial score (nSPS) is 10.2. The smallest absolute Gasteiger partial charge is 0.341 e. The highest BCUT2D eigenvalue weighted by atomic mass is 16.5. The predicted molar refractivity (Wildman–Crippen MR) is 78.2 cm³/mol. The zero-order valence-corrected chi connectivity index (χ0v) is 12.0. The predicted octanol–water partition coefficient (Wildman–Crippen LogP) is 3.67. The molecular weight excluding hydrogens is 270 g/mol. The monoisotopic (exact) mass is 287 g/mol. The summed E-state index contributed by atoms with van der Waals surface area (Å²) in [6, 6.07) is 10.1. The summed E-state index contributed by atoms with van der Waals surface area (Å²) in [5, 5.41) is 9.14. The number of pyridine rings is 1. The molecule has 0 fully saturated rings. The number of carboxylic acids is 1. The number of hydrogen-bond donors (Lipinski definition) is 1.